The maximum atomic E-state index is 13.4. The van der Waals surface area contributed by atoms with Gasteiger partial charge < -0.3 is 9.84 Å². The van der Waals surface area contributed by atoms with Crippen LogP contribution in [0.3, 0.4) is 0 Å². The summed E-state index contributed by atoms with van der Waals surface area (Å²) < 4.78 is 54.6. The zero-order valence-corrected chi connectivity index (χ0v) is 9.29. The third-order valence-corrected chi connectivity index (χ3v) is 2.13. The fraction of sp³-hybridized carbons (Fsp3) is 0.364. The summed E-state index contributed by atoms with van der Waals surface area (Å²) in [4.78, 5) is 11.1. The molecule has 18 heavy (non-hydrogen) atoms. The van der Waals surface area contributed by atoms with Crippen LogP contribution in [0.1, 0.15) is 24.2 Å². The van der Waals surface area contributed by atoms with Crippen molar-refractivity contribution in [1.82, 2.24) is 0 Å². The van der Waals surface area contributed by atoms with Crippen LogP contribution in [0, 0.1) is 5.82 Å². The predicted octanol–water partition coefficient (Wildman–Crippen LogP) is 2.44. The van der Waals surface area contributed by atoms with E-state index in [1.54, 1.807) is 0 Å². The number of ether oxygens (including phenoxy) is 1. The summed E-state index contributed by atoms with van der Waals surface area (Å²) in [7, 11) is 0. The van der Waals surface area contributed by atoms with Crippen LogP contribution in [0.5, 0.6) is 0 Å². The molecule has 0 saturated carbocycles. The Balaban J connectivity index is 3.02. The lowest BCUT2D eigenvalue weighted by molar-refractivity contribution is -0.153. The topological polar surface area (TPSA) is 46.5 Å². The fourth-order valence-corrected chi connectivity index (χ4v) is 1.27. The van der Waals surface area contributed by atoms with Gasteiger partial charge in [-0.2, -0.15) is 13.2 Å². The molecule has 1 aromatic carbocycles. The first-order chi connectivity index (χ1) is 8.27. The standard InChI is InChI=1S/C11H10F4O3/c1-2-18-10(17)9(16)7-4-3-6(5-8(7)12)11(13,14)15/h3-5,9,16H,2H2,1H3. The van der Waals surface area contributed by atoms with Gasteiger partial charge in [0.05, 0.1) is 12.2 Å². The van der Waals surface area contributed by atoms with Crippen molar-refractivity contribution in [3.05, 3.63) is 35.1 Å². The van der Waals surface area contributed by atoms with Gasteiger partial charge >= 0.3 is 12.1 Å². The van der Waals surface area contributed by atoms with E-state index in [1.165, 1.54) is 6.92 Å². The van der Waals surface area contributed by atoms with Crippen LogP contribution >= 0.6 is 0 Å². The van der Waals surface area contributed by atoms with Gasteiger partial charge in [0.15, 0.2) is 6.10 Å². The minimum atomic E-state index is -4.69. The number of carbonyl (C=O) groups excluding carboxylic acids is 1. The predicted molar refractivity (Wildman–Crippen MR) is 53.0 cm³/mol. The fourth-order valence-electron chi connectivity index (χ4n) is 1.27. The van der Waals surface area contributed by atoms with Crippen molar-refractivity contribution in [2.24, 2.45) is 0 Å². The molecule has 0 aromatic heterocycles. The Morgan fingerprint density at radius 1 is 1.44 bits per heavy atom. The van der Waals surface area contributed by atoms with E-state index in [2.05, 4.69) is 4.74 Å². The highest BCUT2D eigenvalue weighted by molar-refractivity contribution is 5.76. The average Bonchev–Trinajstić information content (AvgIpc) is 2.27. The molecule has 0 heterocycles. The second-order valence-corrected chi connectivity index (χ2v) is 3.39. The molecule has 1 rings (SSSR count). The first kappa shape index (κ1) is 14.4. The maximum Gasteiger partial charge on any atom is 0.416 e. The van der Waals surface area contributed by atoms with Crippen molar-refractivity contribution in [3.63, 3.8) is 0 Å². The SMILES string of the molecule is CCOC(=O)C(O)c1ccc(C(F)(F)F)cc1F. The highest BCUT2D eigenvalue weighted by atomic mass is 19.4. The van der Waals surface area contributed by atoms with Crippen molar-refractivity contribution >= 4 is 5.97 Å². The number of aliphatic hydroxyl groups is 1. The molecule has 0 aliphatic carbocycles. The Morgan fingerprint density at radius 3 is 2.50 bits per heavy atom. The summed E-state index contributed by atoms with van der Waals surface area (Å²) in [5, 5.41) is 9.40. The van der Waals surface area contributed by atoms with Gasteiger partial charge in [0.1, 0.15) is 5.82 Å². The van der Waals surface area contributed by atoms with Gasteiger partial charge in [-0.15, -0.1) is 0 Å². The van der Waals surface area contributed by atoms with E-state index in [4.69, 9.17) is 0 Å². The number of hydrogen-bond donors (Lipinski definition) is 1. The van der Waals surface area contributed by atoms with Gasteiger partial charge in [0.2, 0.25) is 0 Å². The van der Waals surface area contributed by atoms with Gasteiger partial charge in [-0.05, 0) is 19.1 Å². The first-order valence-electron chi connectivity index (χ1n) is 4.98. The largest absolute Gasteiger partial charge is 0.464 e. The Morgan fingerprint density at radius 2 is 2.06 bits per heavy atom. The minimum Gasteiger partial charge on any atom is -0.464 e. The summed E-state index contributed by atoms with van der Waals surface area (Å²) in [6, 6.07) is 1.51. The number of alkyl halides is 3. The zero-order valence-electron chi connectivity index (χ0n) is 9.29. The van der Waals surface area contributed by atoms with E-state index >= 15 is 0 Å². The molecule has 0 fully saturated rings. The smallest absolute Gasteiger partial charge is 0.416 e. The second-order valence-electron chi connectivity index (χ2n) is 3.39. The second kappa shape index (κ2) is 5.34. The summed E-state index contributed by atoms with van der Waals surface area (Å²) >= 11 is 0. The van der Waals surface area contributed by atoms with Crippen molar-refractivity contribution in [2.75, 3.05) is 6.61 Å². The van der Waals surface area contributed by atoms with Gasteiger partial charge in [-0.1, -0.05) is 6.07 Å². The summed E-state index contributed by atoms with van der Waals surface area (Å²) in [5.74, 6) is -2.43. The molecule has 1 N–H and O–H groups in total. The van der Waals surface area contributed by atoms with E-state index in [9.17, 15) is 27.5 Å². The number of rotatable bonds is 3. The maximum absolute atomic E-state index is 13.4. The van der Waals surface area contributed by atoms with Gasteiger partial charge in [-0.3, -0.25) is 0 Å². The third-order valence-electron chi connectivity index (χ3n) is 2.13. The van der Waals surface area contributed by atoms with Crippen molar-refractivity contribution in [3.8, 4) is 0 Å². The molecule has 1 aromatic rings. The lowest BCUT2D eigenvalue weighted by Gasteiger charge is -2.13. The Labute approximate surface area is 100.0 Å². The van der Waals surface area contributed by atoms with Crippen LogP contribution in [0.25, 0.3) is 0 Å². The molecule has 0 bridgehead atoms. The molecule has 1 atom stereocenters. The molecule has 1 unspecified atom stereocenters. The van der Waals surface area contributed by atoms with E-state index in [0.717, 1.165) is 0 Å². The number of benzene rings is 1. The van der Waals surface area contributed by atoms with Crippen LogP contribution in [0.2, 0.25) is 0 Å². The van der Waals surface area contributed by atoms with Crippen LogP contribution in [0.4, 0.5) is 17.6 Å². The molecule has 7 heteroatoms. The van der Waals surface area contributed by atoms with Gasteiger partial charge in [0.25, 0.3) is 0 Å². The lowest BCUT2D eigenvalue weighted by atomic mass is 10.1. The molecule has 0 aliphatic heterocycles. The van der Waals surface area contributed by atoms with Gasteiger partial charge in [-0.25, -0.2) is 9.18 Å². The molecule has 0 aliphatic rings. The van der Waals surface area contributed by atoms with Gasteiger partial charge in [0, 0.05) is 5.56 Å². The number of esters is 1. The Kier molecular flexibility index (Phi) is 4.28. The van der Waals surface area contributed by atoms with Crippen LogP contribution in [0.15, 0.2) is 18.2 Å². The monoisotopic (exact) mass is 266 g/mol. The first-order valence-corrected chi connectivity index (χ1v) is 4.98. The number of hydrogen-bond acceptors (Lipinski definition) is 3. The summed E-state index contributed by atoms with van der Waals surface area (Å²) in [6.07, 6.45) is -6.62. The zero-order chi connectivity index (χ0) is 13.9. The minimum absolute atomic E-state index is 0.0296. The van der Waals surface area contributed by atoms with Crippen LogP contribution in [-0.4, -0.2) is 17.7 Å². The normalized spacial score (nSPS) is 13.2. The lowest BCUT2D eigenvalue weighted by Crippen LogP contribution is -2.17. The number of aliphatic hydroxyl groups excluding tert-OH is 1. The molecule has 100 valence electrons. The van der Waals surface area contributed by atoms with Crippen molar-refractivity contribution < 1.29 is 32.2 Å². The third kappa shape index (κ3) is 3.19. The molecule has 0 amide bonds. The highest BCUT2D eigenvalue weighted by Gasteiger charge is 2.32. The summed E-state index contributed by atoms with van der Waals surface area (Å²) in [6.45, 7) is 1.45. The molecule has 0 spiro atoms. The van der Waals surface area contributed by atoms with Crippen LogP contribution < -0.4 is 0 Å². The number of carbonyl (C=O) groups is 1. The highest BCUT2D eigenvalue weighted by Crippen LogP contribution is 2.31. The van der Waals surface area contributed by atoms with E-state index in [0.29, 0.717) is 12.1 Å². The molecule has 3 nitrogen and oxygen atoms in total. The number of halogens is 4. The Hall–Kier alpha value is -1.63. The molecular weight excluding hydrogens is 256 g/mol. The molecule has 0 radical (unpaired) electrons. The van der Waals surface area contributed by atoms with Crippen molar-refractivity contribution in [1.29, 1.82) is 0 Å². The Bertz CT molecular complexity index is 442. The molecular formula is C11H10F4O3. The average molecular weight is 266 g/mol. The molecule has 0 saturated heterocycles. The van der Waals surface area contributed by atoms with E-state index in [1.807, 2.05) is 0 Å². The quantitative estimate of drug-likeness (QED) is 0.675. The van der Waals surface area contributed by atoms with Crippen molar-refractivity contribution in [2.45, 2.75) is 19.2 Å². The summed E-state index contributed by atoms with van der Waals surface area (Å²) in [5.41, 5.74) is -1.75. The van der Waals surface area contributed by atoms with E-state index in [-0.39, 0.29) is 12.7 Å². The van der Waals surface area contributed by atoms with E-state index < -0.39 is 35.2 Å². The van der Waals surface area contributed by atoms with Crippen LogP contribution in [-0.2, 0) is 15.7 Å².